The van der Waals surface area contributed by atoms with Crippen molar-refractivity contribution in [2.24, 2.45) is 5.41 Å². The quantitative estimate of drug-likeness (QED) is 0.774. The number of carbonyl (C=O) groups is 2. The summed E-state index contributed by atoms with van der Waals surface area (Å²) in [7, 11) is 1.61. The van der Waals surface area contributed by atoms with Crippen molar-refractivity contribution in [3.05, 3.63) is 29.8 Å². The Morgan fingerprint density at radius 2 is 1.95 bits per heavy atom. The van der Waals surface area contributed by atoms with E-state index >= 15 is 0 Å². The molecule has 0 aromatic heterocycles. The number of ether oxygens (including phenoxy) is 1. The smallest absolute Gasteiger partial charge is 0.309 e. The summed E-state index contributed by atoms with van der Waals surface area (Å²) < 4.78 is 5.30. The average Bonchev–Trinajstić information content (AvgIpc) is 2.46. The SMILES string of the molecule is COc1ccccc1C(C)CC(=O)NCCC(C)(C)C(=O)O. The van der Waals surface area contributed by atoms with Crippen LogP contribution in [-0.4, -0.2) is 30.6 Å². The minimum absolute atomic E-state index is 0.0311. The van der Waals surface area contributed by atoms with Crippen molar-refractivity contribution >= 4 is 11.9 Å². The molecular weight excluding hydrogens is 282 g/mol. The molecule has 0 aliphatic rings. The van der Waals surface area contributed by atoms with Gasteiger partial charge in [0.25, 0.3) is 0 Å². The molecule has 0 aliphatic carbocycles. The van der Waals surface area contributed by atoms with Gasteiger partial charge in [-0.15, -0.1) is 0 Å². The van der Waals surface area contributed by atoms with Gasteiger partial charge in [-0.25, -0.2) is 0 Å². The van der Waals surface area contributed by atoms with Gasteiger partial charge < -0.3 is 15.2 Å². The van der Waals surface area contributed by atoms with Crippen LogP contribution >= 0.6 is 0 Å². The van der Waals surface area contributed by atoms with Crippen LogP contribution in [-0.2, 0) is 9.59 Å². The van der Waals surface area contributed by atoms with E-state index in [-0.39, 0.29) is 11.8 Å². The Kier molecular flexibility index (Phi) is 6.40. The monoisotopic (exact) mass is 307 g/mol. The summed E-state index contributed by atoms with van der Waals surface area (Å²) in [6.45, 7) is 5.63. The van der Waals surface area contributed by atoms with Crippen LogP contribution in [0.5, 0.6) is 5.75 Å². The Bertz CT molecular complexity index is 525. The minimum atomic E-state index is -0.857. The van der Waals surface area contributed by atoms with Crippen LogP contribution in [0, 0.1) is 5.41 Å². The molecule has 0 radical (unpaired) electrons. The largest absolute Gasteiger partial charge is 0.496 e. The number of hydrogen-bond donors (Lipinski definition) is 2. The Labute approximate surface area is 131 Å². The Morgan fingerprint density at radius 1 is 1.32 bits per heavy atom. The maximum atomic E-state index is 12.0. The van der Waals surface area contributed by atoms with Gasteiger partial charge in [0.2, 0.25) is 5.91 Å². The number of benzene rings is 1. The third-order valence-corrected chi connectivity index (χ3v) is 3.81. The molecule has 1 atom stereocenters. The van der Waals surface area contributed by atoms with Crippen molar-refractivity contribution in [1.29, 1.82) is 0 Å². The lowest BCUT2D eigenvalue weighted by molar-refractivity contribution is -0.147. The lowest BCUT2D eigenvalue weighted by Gasteiger charge is -2.19. The van der Waals surface area contributed by atoms with Gasteiger partial charge in [0.15, 0.2) is 0 Å². The van der Waals surface area contributed by atoms with Crippen molar-refractivity contribution < 1.29 is 19.4 Å². The summed E-state index contributed by atoms with van der Waals surface area (Å²) in [6.07, 6.45) is 0.741. The zero-order valence-electron chi connectivity index (χ0n) is 13.7. The molecule has 1 rings (SSSR count). The zero-order valence-corrected chi connectivity index (χ0v) is 13.7. The number of rotatable bonds is 8. The molecule has 0 aliphatic heterocycles. The third kappa shape index (κ3) is 5.06. The zero-order chi connectivity index (χ0) is 16.8. The fourth-order valence-electron chi connectivity index (χ4n) is 2.16. The second-order valence-electron chi connectivity index (χ2n) is 6.14. The van der Waals surface area contributed by atoms with E-state index in [1.807, 2.05) is 31.2 Å². The molecule has 122 valence electrons. The van der Waals surface area contributed by atoms with Crippen molar-refractivity contribution in [3.8, 4) is 5.75 Å². The number of para-hydroxylation sites is 1. The molecule has 22 heavy (non-hydrogen) atoms. The molecule has 1 amide bonds. The highest BCUT2D eigenvalue weighted by Gasteiger charge is 2.26. The first-order chi connectivity index (χ1) is 10.3. The van der Waals surface area contributed by atoms with E-state index in [1.54, 1.807) is 21.0 Å². The van der Waals surface area contributed by atoms with Gasteiger partial charge in [0.1, 0.15) is 5.75 Å². The lowest BCUT2D eigenvalue weighted by atomic mass is 9.89. The second-order valence-corrected chi connectivity index (χ2v) is 6.14. The first kappa shape index (κ1) is 18.0. The summed E-state index contributed by atoms with van der Waals surface area (Å²) in [4.78, 5) is 23.0. The number of hydrogen-bond acceptors (Lipinski definition) is 3. The number of carbonyl (C=O) groups excluding carboxylic acids is 1. The maximum Gasteiger partial charge on any atom is 0.309 e. The molecule has 5 nitrogen and oxygen atoms in total. The Balaban J connectivity index is 2.50. The maximum absolute atomic E-state index is 12.0. The van der Waals surface area contributed by atoms with E-state index in [9.17, 15) is 9.59 Å². The summed E-state index contributed by atoms with van der Waals surface area (Å²) in [5, 5.41) is 11.8. The van der Waals surface area contributed by atoms with Gasteiger partial charge in [0.05, 0.1) is 12.5 Å². The second kappa shape index (κ2) is 7.82. The van der Waals surface area contributed by atoms with E-state index in [1.165, 1.54) is 0 Å². The molecule has 0 heterocycles. The summed E-state index contributed by atoms with van der Waals surface area (Å²) >= 11 is 0. The van der Waals surface area contributed by atoms with Gasteiger partial charge in [-0.2, -0.15) is 0 Å². The lowest BCUT2D eigenvalue weighted by Crippen LogP contribution is -2.32. The minimum Gasteiger partial charge on any atom is -0.496 e. The predicted molar refractivity (Wildman–Crippen MR) is 85.1 cm³/mol. The van der Waals surface area contributed by atoms with Crippen molar-refractivity contribution in [2.45, 2.75) is 39.5 Å². The molecule has 1 aromatic rings. The highest BCUT2D eigenvalue weighted by molar-refractivity contribution is 5.77. The van der Waals surface area contributed by atoms with Crippen LogP contribution in [0.1, 0.15) is 45.1 Å². The van der Waals surface area contributed by atoms with Crippen LogP contribution in [0.3, 0.4) is 0 Å². The Morgan fingerprint density at radius 3 is 2.55 bits per heavy atom. The van der Waals surface area contributed by atoms with Crippen molar-refractivity contribution in [2.75, 3.05) is 13.7 Å². The number of amides is 1. The molecule has 0 spiro atoms. The van der Waals surface area contributed by atoms with Gasteiger partial charge in [0, 0.05) is 13.0 Å². The van der Waals surface area contributed by atoms with E-state index < -0.39 is 11.4 Å². The number of methoxy groups -OCH3 is 1. The molecule has 1 aromatic carbocycles. The average molecular weight is 307 g/mol. The molecule has 0 fully saturated rings. The van der Waals surface area contributed by atoms with Crippen LogP contribution in [0.2, 0.25) is 0 Å². The number of aliphatic carboxylic acids is 1. The van der Waals surface area contributed by atoms with E-state index in [4.69, 9.17) is 9.84 Å². The normalized spacial score (nSPS) is 12.5. The van der Waals surface area contributed by atoms with Crippen molar-refractivity contribution in [3.63, 3.8) is 0 Å². The van der Waals surface area contributed by atoms with Crippen LogP contribution < -0.4 is 10.1 Å². The number of nitrogens with one attached hydrogen (secondary N) is 1. The van der Waals surface area contributed by atoms with E-state index in [0.717, 1.165) is 11.3 Å². The Hall–Kier alpha value is -2.04. The summed E-state index contributed by atoms with van der Waals surface area (Å²) in [5.41, 5.74) is 0.160. The highest BCUT2D eigenvalue weighted by Crippen LogP contribution is 2.28. The summed E-state index contributed by atoms with van der Waals surface area (Å²) in [6, 6.07) is 7.63. The van der Waals surface area contributed by atoms with Gasteiger partial charge in [-0.05, 0) is 37.8 Å². The molecule has 0 saturated heterocycles. The van der Waals surface area contributed by atoms with Crippen LogP contribution in [0.25, 0.3) is 0 Å². The molecule has 0 bridgehead atoms. The van der Waals surface area contributed by atoms with Crippen LogP contribution in [0.4, 0.5) is 0 Å². The number of carboxylic acid groups (broad SMARTS) is 1. The first-order valence-corrected chi connectivity index (χ1v) is 7.41. The molecule has 0 saturated carbocycles. The molecule has 2 N–H and O–H groups in total. The molecular formula is C17H25NO4. The fourth-order valence-corrected chi connectivity index (χ4v) is 2.16. The molecule has 1 unspecified atom stereocenters. The standard InChI is InChI=1S/C17H25NO4/c1-12(13-7-5-6-8-14(13)22-4)11-15(19)18-10-9-17(2,3)16(20)21/h5-8,12H,9-11H2,1-4H3,(H,18,19)(H,20,21). The predicted octanol–water partition coefficient (Wildman–Crippen LogP) is 2.81. The van der Waals surface area contributed by atoms with Crippen molar-refractivity contribution in [1.82, 2.24) is 5.32 Å². The highest BCUT2D eigenvalue weighted by atomic mass is 16.5. The van der Waals surface area contributed by atoms with Crippen LogP contribution in [0.15, 0.2) is 24.3 Å². The topological polar surface area (TPSA) is 75.6 Å². The van der Waals surface area contributed by atoms with E-state index in [0.29, 0.717) is 19.4 Å². The fraction of sp³-hybridized carbons (Fsp3) is 0.529. The van der Waals surface area contributed by atoms with Gasteiger partial charge in [-0.1, -0.05) is 25.1 Å². The third-order valence-electron chi connectivity index (χ3n) is 3.81. The van der Waals surface area contributed by atoms with E-state index in [2.05, 4.69) is 5.32 Å². The first-order valence-electron chi connectivity index (χ1n) is 7.41. The summed E-state index contributed by atoms with van der Waals surface area (Å²) in [5.74, 6) is -0.137. The number of carboxylic acids is 1. The molecule has 5 heteroatoms. The van der Waals surface area contributed by atoms with Gasteiger partial charge >= 0.3 is 5.97 Å². The van der Waals surface area contributed by atoms with Gasteiger partial charge in [-0.3, -0.25) is 9.59 Å².